The minimum absolute atomic E-state index is 0.739. The van der Waals surface area contributed by atoms with Crippen molar-refractivity contribution in [2.24, 2.45) is 5.92 Å². The topological polar surface area (TPSA) is 29.3 Å². The number of oxazole rings is 1. The summed E-state index contributed by atoms with van der Waals surface area (Å²) >= 11 is 0. The van der Waals surface area contributed by atoms with Crippen LogP contribution >= 0.6 is 0 Å². The van der Waals surface area contributed by atoms with E-state index in [-0.39, 0.29) is 0 Å². The molecule has 3 nitrogen and oxygen atoms in total. The molecule has 0 saturated carbocycles. The molecule has 1 aliphatic heterocycles. The fourth-order valence-electron chi connectivity index (χ4n) is 3.40. The van der Waals surface area contributed by atoms with Crippen LogP contribution in [0.2, 0.25) is 0 Å². The van der Waals surface area contributed by atoms with E-state index in [1.165, 1.54) is 19.4 Å². The predicted molar refractivity (Wildman–Crippen MR) is 81.8 cm³/mol. The van der Waals surface area contributed by atoms with E-state index in [4.69, 9.17) is 4.42 Å². The van der Waals surface area contributed by atoms with E-state index in [1.54, 1.807) is 0 Å². The maximum atomic E-state index is 5.77. The van der Waals surface area contributed by atoms with Gasteiger partial charge in [0.05, 0.1) is 0 Å². The Morgan fingerprint density at radius 1 is 1.35 bits per heavy atom. The molecule has 1 saturated heterocycles. The first-order valence-corrected chi connectivity index (χ1v) is 7.86. The smallest absolute Gasteiger partial charge is 0.195 e. The third kappa shape index (κ3) is 2.73. The number of benzene rings is 1. The summed E-state index contributed by atoms with van der Waals surface area (Å²) in [4.78, 5) is 7.16. The normalized spacial score (nSPS) is 23.7. The lowest BCUT2D eigenvalue weighted by atomic mass is 9.99. The molecule has 1 aromatic heterocycles. The van der Waals surface area contributed by atoms with Crippen LogP contribution in [0.25, 0.3) is 11.1 Å². The zero-order valence-corrected chi connectivity index (χ0v) is 12.5. The Morgan fingerprint density at radius 2 is 2.20 bits per heavy atom. The summed E-state index contributed by atoms with van der Waals surface area (Å²) in [5.41, 5.74) is 1.88. The summed E-state index contributed by atoms with van der Waals surface area (Å²) in [6.45, 7) is 7.10. The van der Waals surface area contributed by atoms with Gasteiger partial charge in [-0.15, -0.1) is 0 Å². The number of likely N-dealkylation sites (tertiary alicyclic amines) is 1. The molecule has 108 valence electrons. The summed E-state index contributed by atoms with van der Waals surface area (Å²) in [5.74, 6) is 1.77. The monoisotopic (exact) mass is 272 g/mol. The van der Waals surface area contributed by atoms with Crippen LogP contribution in [0.4, 0.5) is 0 Å². The number of aryl methyl sites for hydroxylation is 1. The molecule has 2 atom stereocenters. The van der Waals surface area contributed by atoms with Crippen LogP contribution in [-0.4, -0.2) is 29.0 Å². The van der Waals surface area contributed by atoms with Gasteiger partial charge in [-0.3, -0.25) is 0 Å². The van der Waals surface area contributed by atoms with Gasteiger partial charge in [0.2, 0.25) is 0 Å². The fraction of sp³-hybridized carbons (Fsp3) is 0.588. The highest BCUT2D eigenvalue weighted by molar-refractivity contribution is 5.72. The molecule has 0 bridgehead atoms. The molecule has 0 spiro atoms. The second-order valence-electron chi connectivity index (χ2n) is 5.91. The zero-order valence-electron chi connectivity index (χ0n) is 12.5. The SMILES string of the molecule is CC[C@@H]1CCN(CCCc2nc3ccccc3o2)[C@@H]1C. The summed E-state index contributed by atoms with van der Waals surface area (Å²) < 4.78 is 5.77. The molecule has 3 rings (SSSR count). The summed E-state index contributed by atoms with van der Waals surface area (Å²) in [6, 6.07) is 8.74. The molecule has 1 aliphatic rings. The second-order valence-corrected chi connectivity index (χ2v) is 5.91. The van der Waals surface area contributed by atoms with Gasteiger partial charge in [-0.25, -0.2) is 4.98 Å². The van der Waals surface area contributed by atoms with Crippen molar-refractivity contribution in [3.05, 3.63) is 30.2 Å². The number of hydrogen-bond donors (Lipinski definition) is 0. The molecule has 0 N–H and O–H groups in total. The minimum Gasteiger partial charge on any atom is -0.441 e. The third-order valence-corrected chi connectivity index (χ3v) is 4.74. The number of nitrogens with zero attached hydrogens (tertiary/aromatic N) is 2. The minimum atomic E-state index is 0.739. The first-order valence-electron chi connectivity index (χ1n) is 7.86. The lowest BCUT2D eigenvalue weighted by Crippen LogP contribution is -2.31. The number of hydrogen-bond acceptors (Lipinski definition) is 3. The van der Waals surface area contributed by atoms with Gasteiger partial charge >= 0.3 is 0 Å². The number of para-hydroxylation sites is 2. The first-order chi connectivity index (χ1) is 9.78. The van der Waals surface area contributed by atoms with Crippen molar-refractivity contribution < 1.29 is 4.42 Å². The Hall–Kier alpha value is -1.35. The van der Waals surface area contributed by atoms with Crippen molar-refractivity contribution in [3.63, 3.8) is 0 Å². The van der Waals surface area contributed by atoms with Crippen molar-refractivity contribution in [1.29, 1.82) is 0 Å². The van der Waals surface area contributed by atoms with E-state index in [1.807, 2.05) is 24.3 Å². The van der Waals surface area contributed by atoms with Crippen LogP contribution in [-0.2, 0) is 6.42 Å². The standard InChI is InChI=1S/C17H24N2O/c1-3-14-10-12-19(13(14)2)11-6-9-17-18-15-7-4-5-8-16(15)20-17/h4-5,7-8,13-14H,3,6,9-12H2,1-2H3/t13-,14-/m1/s1. The Labute approximate surface area is 121 Å². The molecule has 0 amide bonds. The highest BCUT2D eigenvalue weighted by Crippen LogP contribution is 2.26. The van der Waals surface area contributed by atoms with Crippen molar-refractivity contribution in [1.82, 2.24) is 9.88 Å². The average molecular weight is 272 g/mol. The highest BCUT2D eigenvalue weighted by atomic mass is 16.3. The highest BCUT2D eigenvalue weighted by Gasteiger charge is 2.28. The van der Waals surface area contributed by atoms with Gasteiger partial charge in [-0.05, 0) is 50.9 Å². The molecule has 2 heterocycles. The predicted octanol–water partition coefficient (Wildman–Crippen LogP) is 3.88. The van der Waals surface area contributed by atoms with Gasteiger partial charge < -0.3 is 9.32 Å². The van der Waals surface area contributed by atoms with Crippen LogP contribution in [0.15, 0.2) is 28.7 Å². The molecule has 0 aliphatic carbocycles. The summed E-state index contributed by atoms with van der Waals surface area (Å²) in [7, 11) is 0. The molecule has 20 heavy (non-hydrogen) atoms. The number of rotatable bonds is 5. The second kappa shape index (κ2) is 5.96. The van der Waals surface area contributed by atoms with E-state index in [2.05, 4.69) is 23.7 Å². The largest absolute Gasteiger partial charge is 0.441 e. The molecular weight excluding hydrogens is 248 g/mol. The van der Waals surface area contributed by atoms with Crippen LogP contribution in [0.1, 0.15) is 39.0 Å². The molecule has 2 aromatic rings. The Balaban J connectivity index is 1.52. The van der Waals surface area contributed by atoms with Gasteiger partial charge in [0.15, 0.2) is 11.5 Å². The molecule has 3 heteroatoms. The van der Waals surface area contributed by atoms with Crippen LogP contribution < -0.4 is 0 Å². The molecule has 1 fully saturated rings. The average Bonchev–Trinajstić information content (AvgIpc) is 3.02. The number of aromatic nitrogens is 1. The van der Waals surface area contributed by atoms with Gasteiger partial charge in [0.25, 0.3) is 0 Å². The fourth-order valence-corrected chi connectivity index (χ4v) is 3.40. The van der Waals surface area contributed by atoms with Gasteiger partial charge in [0.1, 0.15) is 5.52 Å². The van der Waals surface area contributed by atoms with Crippen LogP contribution in [0, 0.1) is 5.92 Å². The van der Waals surface area contributed by atoms with Gasteiger partial charge in [-0.2, -0.15) is 0 Å². The van der Waals surface area contributed by atoms with Crippen molar-refractivity contribution in [3.8, 4) is 0 Å². The summed E-state index contributed by atoms with van der Waals surface area (Å²) in [5, 5.41) is 0. The van der Waals surface area contributed by atoms with Gasteiger partial charge in [-0.1, -0.05) is 25.5 Å². The van der Waals surface area contributed by atoms with E-state index < -0.39 is 0 Å². The lowest BCUT2D eigenvalue weighted by molar-refractivity contribution is 0.235. The molecule has 1 aromatic carbocycles. The number of fused-ring (bicyclic) bond motifs is 1. The summed E-state index contributed by atoms with van der Waals surface area (Å²) in [6.07, 6.45) is 4.74. The van der Waals surface area contributed by atoms with Crippen LogP contribution in [0.3, 0.4) is 0 Å². The van der Waals surface area contributed by atoms with Crippen molar-refractivity contribution >= 4 is 11.1 Å². The maximum absolute atomic E-state index is 5.77. The third-order valence-electron chi connectivity index (χ3n) is 4.74. The van der Waals surface area contributed by atoms with Crippen molar-refractivity contribution in [2.45, 2.75) is 45.6 Å². The lowest BCUT2D eigenvalue weighted by Gasteiger charge is -2.23. The van der Waals surface area contributed by atoms with E-state index in [0.29, 0.717) is 0 Å². The quantitative estimate of drug-likeness (QED) is 0.827. The molecular formula is C17H24N2O. The Kier molecular flexibility index (Phi) is 4.06. The van der Waals surface area contributed by atoms with E-state index >= 15 is 0 Å². The van der Waals surface area contributed by atoms with E-state index in [9.17, 15) is 0 Å². The molecule has 0 radical (unpaired) electrons. The van der Waals surface area contributed by atoms with E-state index in [0.717, 1.165) is 48.3 Å². The van der Waals surface area contributed by atoms with Gasteiger partial charge in [0, 0.05) is 12.5 Å². The Morgan fingerprint density at radius 3 is 2.95 bits per heavy atom. The van der Waals surface area contributed by atoms with Crippen LogP contribution in [0.5, 0.6) is 0 Å². The van der Waals surface area contributed by atoms with Crippen molar-refractivity contribution in [2.75, 3.05) is 13.1 Å². The zero-order chi connectivity index (χ0) is 13.9. The molecule has 0 unspecified atom stereocenters. The Bertz CT molecular complexity index is 530. The first kappa shape index (κ1) is 13.6. The maximum Gasteiger partial charge on any atom is 0.195 e.